The van der Waals surface area contributed by atoms with Gasteiger partial charge in [0.15, 0.2) is 5.13 Å². The van der Waals surface area contributed by atoms with Crippen LogP contribution in [0.25, 0.3) is 10.2 Å². The van der Waals surface area contributed by atoms with Gasteiger partial charge in [-0.05, 0) is 36.4 Å². The van der Waals surface area contributed by atoms with Crippen LogP contribution in [0.5, 0.6) is 5.75 Å². The number of carbonyl (C=O) groups is 1. The first-order valence-electron chi connectivity index (χ1n) is 8.39. The van der Waals surface area contributed by atoms with E-state index in [4.69, 9.17) is 21.1 Å². The molecule has 8 heteroatoms. The van der Waals surface area contributed by atoms with Gasteiger partial charge in [0.05, 0.1) is 30.7 Å². The van der Waals surface area contributed by atoms with Crippen molar-refractivity contribution in [1.82, 2.24) is 4.98 Å². The Kier molecular flexibility index (Phi) is 5.43. The molecule has 0 saturated carbocycles. The largest absolute Gasteiger partial charge is 0.494 e. The van der Waals surface area contributed by atoms with Crippen molar-refractivity contribution in [2.24, 2.45) is 0 Å². The summed E-state index contributed by atoms with van der Waals surface area (Å²) >= 11 is 8.93. The Bertz CT molecular complexity index is 955. The van der Waals surface area contributed by atoms with E-state index in [0.29, 0.717) is 18.1 Å². The minimum absolute atomic E-state index is 0.0859. The second-order valence-electron chi connectivity index (χ2n) is 6.06. The SMILES string of the molecule is COc1cccc2sc(N3CC(OC(=O)CSc4ccc(Cl)cc4)C3)nc12. The number of esters is 1. The first-order valence-corrected chi connectivity index (χ1v) is 10.6. The quantitative estimate of drug-likeness (QED) is 0.433. The van der Waals surface area contributed by atoms with Gasteiger partial charge in [0.25, 0.3) is 0 Å². The van der Waals surface area contributed by atoms with E-state index in [0.717, 1.165) is 26.0 Å². The monoisotopic (exact) mass is 420 g/mol. The number of benzene rings is 2. The lowest BCUT2D eigenvalue weighted by molar-refractivity contribution is -0.146. The molecule has 0 N–H and O–H groups in total. The fourth-order valence-electron chi connectivity index (χ4n) is 2.77. The van der Waals surface area contributed by atoms with Gasteiger partial charge in [-0.2, -0.15) is 0 Å². The van der Waals surface area contributed by atoms with Crippen LogP contribution in [0.15, 0.2) is 47.4 Å². The summed E-state index contributed by atoms with van der Waals surface area (Å²) in [5, 5.41) is 1.61. The first kappa shape index (κ1) is 18.4. The number of rotatable bonds is 6. The Balaban J connectivity index is 1.28. The van der Waals surface area contributed by atoms with Crippen molar-refractivity contribution >= 4 is 56.0 Å². The van der Waals surface area contributed by atoms with Crippen LogP contribution in [0.3, 0.4) is 0 Å². The number of aromatic nitrogens is 1. The molecule has 2 heterocycles. The van der Waals surface area contributed by atoms with Crippen molar-refractivity contribution in [2.75, 3.05) is 30.9 Å². The molecule has 1 fully saturated rings. The van der Waals surface area contributed by atoms with Gasteiger partial charge in [-0.1, -0.05) is 29.0 Å². The Hall–Kier alpha value is -1.96. The Morgan fingerprint density at radius 1 is 1.30 bits per heavy atom. The highest BCUT2D eigenvalue weighted by atomic mass is 35.5. The van der Waals surface area contributed by atoms with Gasteiger partial charge in [-0.3, -0.25) is 4.79 Å². The number of para-hydroxylation sites is 1. The Morgan fingerprint density at radius 2 is 2.07 bits per heavy atom. The van der Waals surface area contributed by atoms with E-state index < -0.39 is 0 Å². The molecule has 140 valence electrons. The minimum Gasteiger partial charge on any atom is -0.494 e. The van der Waals surface area contributed by atoms with Crippen LogP contribution in [0.1, 0.15) is 0 Å². The number of hydrogen-bond acceptors (Lipinski definition) is 7. The van der Waals surface area contributed by atoms with E-state index in [-0.39, 0.29) is 17.8 Å². The van der Waals surface area contributed by atoms with Gasteiger partial charge in [0, 0.05) is 9.92 Å². The predicted molar refractivity (Wildman–Crippen MR) is 110 cm³/mol. The molecule has 4 rings (SSSR count). The average molecular weight is 421 g/mol. The fourth-order valence-corrected chi connectivity index (χ4v) is 4.58. The highest BCUT2D eigenvalue weighted by molar-refractivity contribution is 8.00. The number of fused-ring (bicyclic) bond motifs is 1. The van der Waals surface area contributed by atoms with E-state index in [2.05, 4.69) is 9.88 Å². The highest BCUT2D eigenvalue weighted by Crippen LogP contribution is 2.36. The average Bonchev–Trinajstić information content (AvgIpc) is 3.07. The smallest absolute Gasteiger partial charge is 0.316 e. The molecule has 0 unspecified atom stereocenters. The van der Waals surface area contributed by atoms with Crippen LogP contribution in [-0.2, 0) is 9.53 Å². The summed E-state index contributed by atoms with van der Waals surface area (Å²) in [5.41, 5.74) is 0.875. The van der Waals surface area contributed by atoms with E-state index in [1.54, 1.807) is 18.4 Å². The lowest BCUT2D eigenvalue weighted by Gasteiger charge is -2.38. The standard InChI is InChI=1S/C19H17ClN2O3S2/c1-24-15-3-2-4-16-18(15)21-19(27-16)22-9-13(10-22)25-17(23)11-26-14-7-5-12(20)6-8-14/h2-8,13H,9-11H2,1H3. The zero-order chi connectivity index (χ0) is 18.8. The Morgan fingerprint density at radius 3 is 2.81 bits per heavy atom. The molecule has 27 heavy (non-hydrogen) atoms. The first-order chi connectivity index (χ1) is 13.1. The van der Waals surface area contributed by atoms with Crippen molar-refractivity contribution in [1.29, 1.82) is 0 Å². The van der Waals surface area contributed by atoms with Crippen LogP contribution in [0.4, 0.5) is 5.13 Å². The molecule has 5 nitrogen and oxygen atoms in total. The van der Waals surface area contributed by atoms with Crippen molar-refractivity contribution in [2.45, 2.75) is 11.0 Å². The lowest BCUT2D eigenvalue weighted by Crippen LogP contribution is -2.53. The van der Waals surface area contributed by atoms with E-state index in [1.807, 2.05) is 42.5 Å². The number of halogens is 1. The van der Waals surface area contributed by atoms with Gasteiger partial charge < -0.3 is 14.4 Å². The molecule has 1 saturated heterocycles. The number of anilines is 1. The molecule has 0 amide bonds. The minimum atomic E-state index is -0.203. The summed E-state index contributed by atoms with van der Waals surface area (Å²) < 4.78 is 12.0. The zero-order valence-corrected chi connectivity index (χ0v) is 16.9. The number of methoxy groups -OCH3 is 1. The highest BCUT2D eigenvalue weighted by Gasteiger charge is 2.32. The normalized spacial score (nSPS) is 14.2. The van der Waals surface area contributed by atoms with Gasteiger partial charge in [0.2, 0.25) is 0 Å². The van der Waals surface area contributed by atoms with Gasteiger partial charge in [-0.15, -0.1) is 11.8 Å². The second-order valence-corrected chi connectivity index (χ2v) is 8.56. The third-order valence-electron chi connectivity index (χ3n) is 4.18. The maximum absolute atomic E-state index is 12.0. The van der Waals surface area contributed by atoms with Crippen molar-refractivity contribution < 1.29 is 14.3 Å². The molecular weight excluding hydrogens is 404 g/mol. The van der Waals surface area contributed by atoms with Crippen molar-refractivity contribution in [3.63, 3.8) is 0 Å². The summed E-state index contributed by atoms with van der Waals surface area (Å²) in [6.45, 7) is 1.33. The van der Waals surface area contributed by atoms with Gasteiger partial charge in [0.1, 0.15) is 17.4 Å². The maximum atomic E-state index is 12.0. The molecule has 1 aliphatic rings. The molecule has 3 aromatic rings. The second kappa shape index (κ2) is 7.96. The summed E-state index contributed by atoms with van der Waals surface area (Å²) in [6, 6.07) is 13.3. The van der Waals surface area contributed by atoms with E-state index >= 15 is 0 Å². The van der Waals surface area contributed by atoms with Gasteiger partial charge in [-0.25, -0.2) is 4.98 Å². The maximum Gasteiger partial charge on any atom is 0.316 e. The molecule has 0 atom stereocenters. The molecular formula is C19H17ClN2O3S2. The lowest BCUT2D eigenvalue weighted by atomic mass is 10.2. The molecule has 0 radical (unpaired) electrons. The molecule has 0 bridgehead atoms. The van der Waals surface area contributed by atoms with Crippen molar-refractivity contribution in [3.05, 3.63) is 47.5 Å². The number of thioether (sulfide) groups is 1. The number of ether oxygens (including phenoxy) is 2. The molecule has 0 aliphatic carbocycles. The topological polar surface area (TPSA) is 51.7 Å². The number of nitrogens with zero attached hydrogens (tertiary/aromatic N) is 2. The molecule has 1 aromatic heterocycles. The van der Waals surface area contributed by atoms with Crippen molar-refractivity contribution in [3.8, 4) is 5.75 Å². The summed E-state index contributed by atoms with van der Waals surface area (Å²) in [6.07, 6.45) is -0.0859. The fraction of sp³-hybridized carbons (Fsp3) is 0.263. The number of thiazole rings is 1. The number of hydrogen-bond donors (Lipinski definition) is 0. The van der Waals surface area contributed by atoms with Crippen LogP contribution in [-0.4, -0.2) is 43.0 Å². The molecule has 0 spiro atoms. The van der Waals surface area contributed by atoms with Crippen LogP contribution in [0.2, 0.25) is 5.02 Å². The summed E-state index contributed by atoms with van der Waals surface area (Å²) in [4.78, 5) is 19.8. The van der Waals surface area contributed by atoms with Crippen LogP contribution < -0.4 is 9.64 Å². The molecule has 2 aromatic carbocycles. The van der Waals surface area contributed by atoms with E-state index in [1.165, 1.54) is 11.8 Å². The zero-order valence-electron chi connectivity index (χ0n) is 14.6. The molecule has 1 aliphatic heterocycles. The van der Waals surface area contributed by atoms with E-state index in [9.17, 15) is 4.79 Å². The van der Waals surface area contributed by atoms with Crippen LogP contribution >= 0.6 is 34.7 Å². The summed E-state index contributed by atoms with van der Waals surface area (Å²) in [5.74, 6) is 0.861. The third kappa shape index (κ3) is 4.15. The van der Waals surface area contributed by atoms with Gasteiger partial charge >= 0.3 is 5.97 Å². The number of carbonyl (C=O) groups excluding carboxylic acids is 1. The Labute approximate surface area is 170 Å². The van der Waals surface area contributed by atoms with Crippen LogP contribution in [0, 0.1) is 0 Å². The third-order valence-corrected chi connectivity index (χ3v) is 6.50. The predicted octanol–water partition coefficient (Wildman–Crippen LogP) is 4.48. The summed E-state index contributed by atoms with van der Waals surface area (Å²) in [7, 11) is 1.65.